The van der Waals surface area contributed by atoms with Crippen LogP contribution in [0.4, 0.5) is 18.9 Å². The van der Waals surface area contributed by atoms with E-state index in [4.69, 9.17) is 11.6 Å². The summed E-state index contributed by atoms with van der Waals surface area (Å²) in [7, 11) is 0. The maximum absolute atomic E-state index is 12.0. The first-order valence-electron chi connectivity index (χ1n) is 3.46. The minimum absolute atomic E-state index is 0.194. The van der Waals surface area contributed by atoms with Crippen LogP contribution in [0.5, 0.6) is 0 Å². The molecule has 1 rings (SSSR count). The Balaban J connectivity index is 2.98. The van der Waals surface area contributed by atoms with Crippen LogP contribution < -0.4 is 0 Å². The summed E-state index contributed by atoms with van der Waals surface area (Å²) in [5.41, 5.74) is 0.194. The van der Waals surface area contributed by atoms with E-state index in [9.17, 15) is 13.2 Å². The van der Waals surface area contributed by atoms with Gasteiger partial charge in [0.25, 0.3) is 0 Å². The highest BCUT2D eigenvalue weighted by molar-refractivity contribution is 14.1. The van der Waals surface area contributed by atoms with Gasteiger partial charge in [0.2, 0.25) is 5.17 Å². The third-order valence-electron chi connectivity index (χ3n) is 1.27. The van der Waals surface area contributed by atoms with Crippen LogP contribution in [0, 0.1) is 3.57 Å². The van der Waals surface area contributed by atoms with Crippen molar-refractivity contribution in [1.82, 2.24) is 0 Å². The van der Waals surface area contributed by atoms with E-state index in [1.807, 2.05) is 22.6 Å². The van der Waals surface area contributed by atoms with Crippen LogP contribution in [-0.2, 0) is 0 Å². The molecule has 0 unspecified atom stereocenters. The quantitative estimate of drug-likeness (QED) is 0.541. The molecule has 76 valence electrons. The lowest BCUT2D eigenvalue weighted by Crippen LogP contribution is -2.16. The van der Waals surface area contributed by atoms with E-state index < -0.39 is 11.3 Å². The molecule has 0 N–H and O–H groups in total. The first-order chi connectivity index (χ1) is 6.39. The molecule has 1 aromatic carbocycles. The van der Waals surface area contributed by atoms with E-state index in [2.05, 4.69) is 4.99 Å². The summed E-state index contributed by atoms with van der Waals surface area (Å²) in [6.45, 7) is 0. The average Bonchev–Trinajstić information content (AvgIpc) is 2.02. The summed E-state index contributed by atoms with van der Waals surface area (Å²) >= 11 is 6.95. The van der Waals surface area contributed by atoms with Gasteiger partial charge in [0.1, 0.15) is 0 Å². The maximum atomic E-state index is 12.0. The van der Waals surface area contributed by atoms with Crippen molar-refractivity contribution in [2.45, 2.75) is 6.18 Å². The van der Waals surface area contributed by atoms with Crippen LogP contribution in [0.3, 0.4) is 0 Å². The molecule has 0 aliphatic carbocycles. The molecule has 0 amide bonds. The van der Waals surface area contributed by atoms with Gasteiger partial charge in [0, 0.05) is 3.57 Å². The number of aliphatic imine (C=N–C) groups is 1. The fourth-order valence-electron chi connectivity index (χ4n) is 0.722. The van der Waals surface area contributed by atoms with Gasteiger partial charge in [-0.3, -0.25) is 0 Å². The molecule has 0 saturated carbocycles. The Morgan fingerprint density at radius 2 is 2.00 bits per heavy atom. The van der Waals surface area contributed by atoms with Crippen LogP contribution in [0.2, 0.25) is 0 Å². The Morgan fingerprint density at radius 3 is 2.50 bits per heavy atom. The summed E-state index contributed by atoms with van der Waals surface area (Å²) < 4.78 is 36.7. The van der Waals surface area contributed by atoms with Crippen LogP contribution in [0.15, 0.2) is 29.3 Å². The number of hydrogen-bond acceptors (Lipinski definition) is 1. The zero-order valence-corrected chi connectivity index (χ0v) is 9.56. The summed E-state index contributed by atoms with van der Waals surface area (Å²) in [6, 6.07) is 6.33. The van der Waals surface area contributed by atoms with Crippen LogP contribution >= 0.6 is 34.2 Å². The van der Waals surface area contributed by atoms with Gasteiger partial charge in [-0.15, -0.1) is 0 Å². The van der Waals surface area contributed by atoms with Gasteiger partial charge in [-0.25, -0.2) is 4.99 Å². The van der Waals surface area contributed by atoms with Gasteiger partial charge in [-0.1, -0.05) is 17.7 Å². The number of alkyl halides is 3. The van der Waals surface area contributed by atoms with Crippen molar-refractivity contribution in [2.75, 3.05) is 0 Å². The van der Waals surface area contributed by atoms with E-state index in [-0.39, 0.29) is 5.69 Å². The molecule has 0 heterocycles. The molecular formula is C8H4ClF3IN. The maximum Gasteiger partial charge on any atom is 0.444 e. The third kappa shape index (κ3) is 3.45. The van der Waals surface area contributed by atoms with Gasteiger partial charge in [-0.2, -0.15) is 13.2 Å². The molecule has 0 radical (unpaired) electrons. The Kier molecular flexibility index (Phi) is 3.77. The molecule has 6 heteroatoms. The molecular weight excluding hydrogens is 329 g/mol. The molecule has 0 spiro atoms. The molecule has 0 bridgehead atoms. The predicted molar refractivity (Wildman–Crippen MR) is 58.2 cm³/mol. The van der Waals surface area contributed by atoms with Gasteiger partial charge in [0.15, 0.2) is 0 Å². The molecule has 0 saturated heterocycles. The van der Waals surface area contributed by atoms with Crippen molar-refractivity contribution in [3.8, 4) is 0 Å². The normalized spacial score (nSPS) is 13.1. The number of rotatable bonds is 1. The summed E-state index contributed by atoms with van der Waals surface area (Å²) in [5.74, 6) is 0. The molecule has 14 heavy (non-hydrogen) atoms. The molecule has 0 fully saturated rings. The monoisotopic (exact) mass is 333 g/mol. The van der Waals surface area contributed by atoms with E-state index in [0.29, 0.717) is 0 Å². The first kappa shape index (κ1) is 11.8. The van der Waals surface area contributed by atoms with Crippen molar-refractivity contribution in [2.24, 2.45) is 4.99 Å². The standard InChI is InChI=1S/C8H4ClF3IN/c9-7(8(10,11)12)14-6-3-1-2-5(13)4-6/h1-4H/b14-7+. The van der Waals surface area contributed by atoms with E-state index in [0.717, 1.165) is 3.57 Å². The Bertz CT molecular complexity index is 362. The summed E-state index contributed by atoms with van der Waals surface area (Å²) in [6.07, 6.45) is -4.58. The van der Waals surface area contributed by atoms with Crippen LogP contribution in [0.1, 0.15) is 0 Å². The fourth-order valence-corrected chi connectivity index (χ4v) is 1.35. The highest BCUT2D eigenvalue weighted by Crippen LogP contribution is 2.24. The number of nitrogens with zero attached hydrogens (tertiary/aromatic N) is 1. The predicted octanol–water partition coefficient (Wildman–Crippen LogP) is 4.12. The largest absolute Gasteiger partial charge is 0.444 e. The molecule has 0 aliphatic rings. The van der Waals surface area contributed by atoms with E-state index >= 15 is 0 Å². The zero-order valence-electron chi connectivity index (χ0n) is 6.65. The highest BCUT2D eigenvalue weighted by atomic mass is 127. The zero-order chi connectivity index (χ0) is 10.8. The second kappa shape index (κ2) is 4.48. The first-order valence-corrected chi connectivity index (χ1v) is 4.92. The van der Waals surface area contributed by atoms with Crippen LogP contribution in [-0.4, -0.2) is 11.3 Å². The minimum Gasteiger partial charge on any atom is -0.232 e. The minimum atomic E-state index is -4.58. The highest BCUT2D eigenvalue weighted by Gasteiger charge is 2.34. The second-order valence-electron chi connectivity index (χ2n) is 2.38. The lowest BCUT2D eigenvalue weighted by Gasteiger charge is -2.02. The lowest BCUT2D eigenvalue weighted by molar-refractivity contribution is -0.0558. The molecule has 1 aromatic rings. The van der Waals surface area contributed by atoms with E-state index in [1.165, 1.54) is 12.1 Å². The molecule has 1 nitrogen and oxygen atoms in total. The third-order valence-corrected chi connectivity index (χ3v) is 2.24. The van der Waals surface area contributed by atoms with Crippen LogP contribution in [0.25, 0.3) is 0 Å². The fraction of sp³-hybridized carbons (Fsp3) is 0.125. The molecule has 0 aliphatic heterocycles. The topological polar surface area (TPSA) is 12.4 Å². The molecule has 0 aromatic heterocycles. The van der Waals surface area contributed by atoms with Crippen molar-refractivity contribution in [3.63, 3.8) is 0 Å². The Hall–Kier alpha value is -0.300. The number of halogens is 5. The van der Waals surface area contributed by atoms with Gasteiger partial charge in [-0.05, 0) is 40.8 Å². The van der Waals surface area contributed by atoms with Gasteiger partial charge >= 0.3 is 6.18 Å². The van der Waals surface area contributed by atoms with Crippen molar-refractivity contribution in [3.05, 3.63) is 27.8 Å². The SMILES string of the molecule is FC(F)(F)/C(Cl)=N\c1cccc(I)c1. The van der Waals surface area contributed by atoms with E-state index in [1.54, 1.807) is 12.1 Å². The lowest BCUT2D eigenvalue weighted by atomic mass is 10.3. The average molecular weight is 333 g/mol. The molecule has 0 atom stereocenters. The second-order valence-corrected chi connectivity index (χ2v) is 3.98. The van der Waals surface area contributed by atoms with Gasteiger partial charge in [0.05, 0.1) is 5.69 Å². The summed E-state index contributed by atoms with van der Waals surface area (Å²) in [4.78, 5) is 3.24. The summed E-state index contributed by atoms with van der Waals surface area (Å²) in [5, 5.41) is -1.36. The number of benzene rings is 1. The Morgan fingerprint density at radius 1 is 1.36 bits per heavy atom. The van der Waals surface area contributed by atoms with Crippen molar-refractivity contribution >= 4 is 45.1 Å². The number of hydrogen-bond donors (Lipinski definition) is 0. The van der Waals surface area contributed by atoms with Crippen molar-refractivity contribution in [1.29, 1.82) is 0 Å². The Labute approximate surface area is 97.1 Å². The van der Waals surface area contributed by atoms with Gasteiger partial charge < -0.3 is 0 Å². The van der Waals surface area contributed by atoms with Crippen molar-refractivity contribution < 1.29 is 13.2 Å². The smallest absolute Gasteiger partial charge is 0.232 e.